The molecule has 0 aromatic heterocycles. The van der Waals surface area contributed by atoms with Gasteiger partial charge in [-0.25, -0.2) is 0 Å². The molecule has 456 valence electrons. The average molecular weight is 1230 g/mol. The van der Waals surface area contributed by atoms with Crippen LogP contribution in [0.4, 0.5) is 0 Å². The number of benzene rings is 4. The van der Waals surface area contributed by atoms with Crippen molar-refractivity contribution in [1.29, 1.82) is 0 Å². The molecular formula is C84H109Pd-. The van der Waals surface area contributed by atoms with Gasteiger partial charge < -0.3 is 7.43 Å². The van der Waals surface area contributed by atoms with E-state index in [-0.39, 0.29) is 27.8 Å². The van der Waals surface area contributed by atoms with Crippen LogP contribution in [0.5, 0.6) is 0 Å². The van der Waals surface area contributed by atoms with Crippen LogP contribution in [0.25, 0.3) is 0 Å². The molecule has 8 atom stereocenters. The van der Waals surface area contributed by atoms with Gasteiger partial charge in [-0.05, 0) is 277 Å². The van der Waals surface area contributed by atoms with Crippen LogP contribution in [-0.4, -0.2) is 0 Å². The predicted octanol–water partition coefficient (Wildman–Crippen LogP) is 22.0. The van der Waals surface area contributed by atoms with E-state index in [0.29, 0.717) is 43.3 Å². The van der Waals surface area contributed by atoms with Crippen molar-refractivity contribution >= 4 is 0 Å². The first kappa shape index (κ1) is 60.6. The van der Waals surface area contributed by atoms with E-state index in [9.17, 15) is 0 Å². The summed E-state index contributed by atoms with van der Waals surface area (Å²) < 4.78 is 0. The van der Waals surface area contributed by atoms with E-state index in [2.05, 4.69) is 148 Å². The van der Waals surface area contributed by atoms with E-state index in [1.54, 1.807) is 46.2 Å². The molecule has 0 nitrogen and oxygen atoms in total. The summed E-state index contributed by atoms with van der Waals surface area (Å²) >= 11 is 0. The molecule has 85 heavy (non-hydrogen) atoms. The van der Waals surface area contributed by atoms with Gasteiger partial charge in [0.1, 0.15) is 0 Å². The molecule has 0 N–H and O–H groups in total. The molecule has 0 amide bonds. The van der Waals surface area contributed by atoms with Crippen molar-refractivity contribution in [2.45, 2.75) is 274 Å². The van der Waals surface area contributed by atoms with Gasteiger partial charge in [0.05, 0.1) is 0 Å². The van der Waals surface area contributed by atoms with Crippen LogP contribution in [0, 0.1) is 100 Å². The molecule has 0 aliphatic heterocycles. The Morgan fingerprint density at radius 1 is 0.329 bits per heavy atom. The van der Waals surface area contributed by atoms with E-state index in [1.165, 1.54) is 210 Å². The molecular weight excluding hydrogens is 1120 g/mol. The molecule has 4 aromatic carbocycles. The van der Waals surface area contributed by atoms with Crippen LogP contribution in [-0.2, 0) is 54.9 Å². The molecule has 18 saturated carbocycles. The Morgan fingerprint density at radius 2 is 0.635 bits per heavy atom. The zero-order valence-corrected chi connectivity index (χ0v) is 55.5. The number of aryl methyl sites for hydroxylation is 2. The summed E-state index contributed by atoms with van der Waals surface area (Å²) in [6.07, 6.45) is 48.7. The summed E-state index contributed by atoms with van der Waals surface area (Å²) in [5, 5.41) is 0. The van der Waals surface area contributed by atoms with Crippen LogP contribution >= 0.6 is 0 Å². The van der Waals surface area contributed by atoms with Crippen molar-refractivity contribution in [3.05, 3.63) is 149 Å². The second kappa shape index (κ2) is 23.5. The fourth-order valence-electron chi connectivity index (χ4n) is 25.8. The third-order valence-electron chi connectivity index (χ3n) is 28.5. The van der Waals surface area contributed by atoms with Crippen molar-refractivity contribution in [1.82, 2.24) is 0 Å². The van der Waals surface area contributed by atoms with Crippen molar-refractivity contribution in [2.75, 3.05) is 0 Å². The summed E-state index contributed by atoms with van der Waals surface area (Å²) in [5.41, 5.74) is 17.0. The van der Waals surface area contributed by atoms with E-state index in [4.69, 9.17) is 0 Å². The maximum atomic E-state index is 3.45. The van der Waals surface area contributed by atoms with E-state index in [0.717, 1.165) is 60.2 Å². The van der Waals surface area contributed by atoms with E-state index in [1.807, 2.05) is 0 Å². The predicted molar refractivity (Wildman–Crippen MR) is 353 cm³/mol. The molecule has 18 aliphatic carbocycles. The third-order valence-corrected chi connectivity index (χ3v) is 28.5. The van der Waals surface area contributed by atoms with Gasteiger partial charge in [-0.15, -0.1) is 0 Å². The maximum Gasteiger partial charge on any atom is 0.0245 e. The van der Waals surface area contributed by atoms with Crippen LogP contribution in [0.3, 0.4) is 0 Å². The summed E-state index contributed by atoms with van der Waals surface area (Å²) in [6, 6.07) is 39.9. The van der Waals surface area contributed by atoms with Crippen LogP contribution in [0.2, 0.25) is 0 Å². The van der Waals surface area contributed by atoms with Gasteiger partial charge in [0.15, 0.2) is 0 Å². The Labute approximate surface area is 532 Å². The van der Waals surface area contributed by atoms with Gasteiger partial charge in [0, 0.05) is 44.4 Å². The second-order valence-electron chi connectivity index (χ2n) is 32.4. The minimum absolute atomic E-state index is 0. The minimum Gasteiger partial charge on any atom is -0.358 e. The molecule has 16 bridgehead atoms. The first-order valence-electron chi connectivity index (χ1n) is 36.0. The molecule has 0 saturated heterocycles. The van der Waals surface area contributed by atoms with E-state index < -0.39 is 0 Å². The Kier molecular flexibility index (Phi) is 16.7. The van der Waals surface area contributed by atoms with E-state index >= 15 is 0 Å². The summed E-state index contributed by atoms with van der Waals surface area (Å²) in [7, 11) is 0. The van der Waals surface area contributed by atoms with Crippen LogP contribution < -0.4 is 0 Å². The van der Waals surface area contributed by atoms with Crippen molar-refractivity contribution in [3.63, 3.8) is 0 Å². The third kappa shape index (κ3) is 9.46. The second-order valence-corrected chi connectivity index (χ2v) is 32.4. The van der Waals surface area contributed by atoms with Gasteiger partial charge >= 0.3 is 0 Å². The van der Waals surface area contributed by atoms with Crippen molar-refractivity contribution in [2.24, 2.45) is 69.0 Å². The Hall–Kier alpha value is -3.34. The SMILES string of the molecule is CCCCCC#Cc1ccc(C23CC4C56CC7(c8ccc(C#CCCCCC)cc8)CC([C@H]5C2)[C@@H](C3)C4(C7)C6)cc1.CCCCCCCCc1ccc(C23CC4C56CC7(c8ccc(CCCCCCC)cc8)CC([C@H]5C2)[C@@H](C3)C4(C7)C6)cc1.[CH3-].[Pd]. The Morgan fingerprint density at radius 3 is 0.988 bits per heavy atom. The monoisotopic (exact) mass is 1220 g/mol. The summed E-state index contributed by atoms with van der Waals surface area (Å²) in [6.45, 7) is 9.16. The van der Waals surface area contributed by atoms with Crippen LogP contribution in [0.1, 0.15) is 284 Å². The van der Waals surface area contributed by atoms with Crippen molar-refractivity contribution < 1.29 is 20.4 Å². The molecule has 4 spiro atoms. The molecule has 18 aliphatic rings. The van der Waals surface area contributed by atoms with Gasteiger partial charge in [0.25, 0.3) is 0 Å². The molecule has 0 heterocycles. The number of rotatable bonds is 23. The van der Waals surface area contributed by atoms with Gasteiger partial charge in [-0.1, -0.05) is 208 Å². The Bertz CT molecular complexity index is 3010. The minimum atomic E-state index is 0. The quantitative estimate of drug-likeness (QED) is 0.0301. The van der Waals surface area contributed by atoms with Gasteiger partial charge in [-0.3, -0.25) is 0 Å². The smallest absolute Gasteiger partial charge is 0.0245 e. The van der Waals surface area contributed by atoms with Crippen LogP contribution in [0.15, 0.2) is 97.1 Å². The Balaban J connectivity index is 0.000000155. The molecule has 1 heteroatoms. The van der Waals surface area contributed by atoms with Crippen molar-refractivity contribution in [3.8, 4) is 23.7 Å². The molecule has 0 radical (unpaired) electrons. The molecule has 4 aromatic rings. The maximum absolute atomic E-state index is 3.45. The number of hydrogen-bond acceptors (Lipinski definition) is 0. The number of unbranched alkanes of at least 4 members (excludes halogenated alkanes) is 15. The fourth-order valence-corrected chi connectivity index (χ4v) is 25.8. The summed E-state index contributed by atoms with van der Waals surface area (Å²) in [4.78, 5) is 0. The zero-order chi connectivity index (χ0) is 56.1. The first-order valence-corrected chi connectivity index (χ1v) is 36.0. The zero-order valence-electron chi connectivity index (χ0n) is 53.9. The standard InChI is InChI=1S/C42H58.C41H48.CH3.Pd/c1-3-5-7-9-11-13-15-31-16-20-33(21-17-31)39-25-36-35-24-40(34-22-18-32(19-23-34)14-12-10-8-6-4-2)28-41(36)30-42(29-40,37(35)26-39)38(41)27-39;1-3-5-7-9-11-13-30-15-19-32(20-16-30)38-24-35-34-23-39(33-21-17-31(18-22-33)14-12-10-8-6-4-2)27-40(35)29-41(28-39,36(34)25-38)37(40)26-38;;/h16-23,35-38H,3-15,24-30H2,1-2H3;15-22,34-37H,3-10,23-29H2,1-2H3;1H3;/q;;-1;/t35?,36-,37-,38?,39?,40?,41?,42?;34?,35-,36-,37?,38?,39?,40?,41?;;/m11../s1. The van der Waals surface area contributed by atoms with Gasteiger partial charge in [0.2, 0.25) is 0 Å². The van der Waals surface area contributed by atoms with Gasteiger partial charge in [-0.2, -0.15) is 0 Å². The summed E-state index contributed by atoms with van der Waals surface area (Å²) in [5.74, 6) is 21.8. The number of hydrogen-bond donors (Lipinski definition) is 0. The topological polar surface area (TPSA) is 0 Å². The first-order chi connectivity index (χ1) is 40.6. The largest absolute Gasteiger partial charge is 0.358 e. The molecule has 22 rings (SSSR count). The normalized spacial score (nSPS) is 38.7. The molecule has 18 fully saturated rings. The molecule has 4 unspecified atom stereocenters. The fraction of sp³-hybridized carbons (Fsp3) is 0.655. The average Bonchev–Trinajstić information content (AvgIpc) is 0.626.